The van der Waals surface area contributed by atoms with Gasteiger partial charge in [0, 0.05) is 13.1 Å². The fraction of sp³-hybridized carbons (Fsp3) is 0.310. The van der Waals surface area contributed by atoms with Crippen molar-refractivity contribution >= 4 is 27.5 Å². The van der Waals surface area contributed by atoms with E-state index >= 15 is 0 Å². The van der Waals surface area contributed by atoms with Gasteiger partial charge in [-0.25, -0.2) is 8.42 Å². The van der Waals surface area contributed by atoms with Gasteiger partial charge < -0.3 is 10.2 Å². The first-order chi connectivity index (χ1) is 17.6. The van der Waals surface area contributed by atoms with Crippen LogP contribution in [0.3, 0.4) is 0 Å². The van der Waals surface area contributed by atoms with Crippen LogP contribution in [0.15, 0.2) is 77.7 Å². The van der Waals surface area contributed by atoms with Crippen molar-refractivity contribution in [2.45, 2.75) is 52.1 Å². The van der Waals surface area contributed by atoms with Crippen LogP contribution in [0.1, 0.15) is 36.1 Å². The van der Waals surface area contributed by atoms with Crippen molar-refractivity contribution in [2.24, 2.45) is 0 Å². The molecule has 0 fully saturated rings. The molecule has 1 atom stereocenters. The van der Waals surface area contributed by atoms with Gasteiger partial charge in [0.25, 0.3) is 10.0 Å². The number of anilines is 1. The van der Waals surface area contributed by atoms with E-state index in [0.29, 0.717) is 12.2 Å². The largest absolute Gasteiger partial charge is 0.355 e. The predicted molar refractivity (Wildman–Crippen MR) is 147 cm³/mol. The zero-order chi connectivity index (χ0) is 27.2. The van der Waals surface area contributed by atoms with Crippen molar-refractivity contribution in [1.82, 2.24) is 10.2 Å². The SMILES string of the molecule is CCNC(=O)C(C)N(Cc1ccccc1C)C(=O)CN(c1ccc(C)c(C)c1)S(=O)(=O)c1ccccc1. The molecule has 196 valence electrons. The molecule has 0 saturated heterocycles. The molecule has 0 aliphatic carbocycles. The molecule has 2 amide bonds. The third-order valence-corrected chi connectivity index (χ3v) is 8.30. The summed E-state index contributed by atoms with van der Waals surface area (Å²) in [5, 5.41) is 2.77. The smallest absolute Gasteiger partial charge is 0.264 e. The average Bonchev–Trinajstić information content (AvgIpc) is 2.88. The minimum atomic E-state index is -4.06. The lowest BCUT2D eigenvalue weighted by Gasteiger charge is -2.32. The van der Waals surface area contributed by atoms with Crippen LogP contribution in [0, 0.1) is 20.8 Å². The van der Waals surface area contributed by atoms with E-state index in [9.17, 15) is 18.0 Å². The summed E-state index contributed by atoms with van der Waals surface area (Å²) >= 11 is 0. The molecule has 3 rings (SSSR count). The quantitative estimate of drug-likeness (QED) is 0.430. The summed E-state index contributed by atoms with van der Waals surface area (Å²) in [5.41, 5.74) is 4.17. The van der Waals surface area contributed by atoms with Crippen molar-refractivity contribution in [3.05, 3.63) is 95.1 Å². The van der Waals surface area contributed by atoms with Crippen molar-refractivity contribution in [3.63, 3.8) is 0 Å². The molecule has 1 N–H and O–H groups in total. The van der Waals surface area contributed by atoms with Gasteiger partial charge in [-0.05, 0) is 81.1 Å². The standard InChI is InChI=1S/C29H35N3O4S/c1-6-30-29(34)24(5)31(19-25-13-11-10-12-22(25)3)28(33)20-32(26-17-16-21(2)23(4)18-26)37(35,36)27-14-8-7-9-15-27/h7-18,24H,6,19-20H2,1-5H3,(H,30,34). The van der Waals surface area contributed by atoms with Gasteiger partial charge in [-0.1, -0.05) is 48.5 Å². The Kier molecular flexibility index (Phi) is 9.10. The van der Waals surface area contributed by atoms with Crippen LogP contribution < -0.4 is 9.62 Å². The van der Waals surface area contributed by atoms with Crippen molar-refractivity contribution in [2.75, 3.05) is 17.4 Å². The maximum atomic E-state index is 13.9. The van der Waals surface area contributed by atoms with Crippen LogP contribution in [0.25, 0.3) is 0 Å². The van der Waals surface area contributed by atoms with E-state index in [4.69, 9.17) is 0 Å². The Balaban J connectivity index is 2.05. The lowest BCUT2D eigenvalue weighted by Crippen LogP contribution is -2.51. The summed E-state index contributed by atoms with van der Waals surface area (Å²) in [5.74, 6) is -0.771. The van der Waals surface area contributed by atoms with Gasteiger partial charge in [-0.15, -0.1) is 0 Å². The van der Waals surface area contributed by atoms with Gasteiger partial charge in [0.15, 0.2) is 0 Å². The topological polar surface area (TPSA) is 86.8 Å². The maximum absolute atomic E-state index is 13.9. The summed E-state index contributed by atoms with van der Waals surface area (Å²) in [6, 6.07) is 20.2. The third-order valence-electron chi connectivity index (χ3n) is 6.51. The number of carbonyl (C=O) groups is 2. The van der Waals surface area contributed by atoms with E-state index < -0.39 is 28.5 Å². The highest BCUT2D eigenvalue weighted by Gasteiger charge is 2.32. The summed E-state index contributed by atoms with van der Waals surface area (Å²) in [7, 11) is -4.06. The molecule has 0 radical (unpaired) electrons. The number of aryl methyl sites for hydroxylation is 3. The maximum Gasteiger partial charge on any atom is 0.264 e. The number of carbonyl (C=O) groups excluding carboxylic acids is 2. The van der Waals surface area contributed by atoms with Gasteiger partial charge >= 0.3 is 0 Å². The molecular weight excluding hydrogens is 486 g/mol. The first-order valence-corrected chi connectivity index (χ1v) is 13.8. The molecular formula is C29H35N3O4S. The summed E-state index contributed by atoms with van der Waals surface area (Å²) < 4.78 is 28.7. The van der Waals surface area contributed by atoms with Crippen molar-refractivity contribution < 1.29 is 18.0 Å². The van der Waals surface area contributed by atoms with Crippen LogP contribution in [-0.4, -0.2) is 44.3 Å². The van der Waals surface area contributed by atoms with Crippen LogP contribution in [-0.2, 0) is 26.2 Å². The fourth-order valence-corrected chi connectivity index (χ4v) is 5.43. The number of sulfonamides is 1. The number of nitrogens with zero attached hydrogens (tertiary/aromatic N) is 2. The molecule has 0 aromatic heterocycles. The Morgan fingerprint density at radius 1 is 0.865 bits per heavy atom. The highest BCUT2D eigenvalue weighted by atomic mass is 32.2. The molecule has 3 aromatic rings. The van der Waals surface area contributed by atoms with E-state index in [0.717, 1.165) is 26.6 Å². The molecule has 0 aliphatic rings. The molecule has 7 nitrogen and oxygen atoms in total. The van der Waals surface area contributed by atoms with E-state index in [1.54, 1.807) is 37.3 Å². The minimum Gasteiger partial charge on any atom is -0.355 e. The molecule has 8 heteroatoms. The van der Waals surface area contributed by atoms with E-state index in [2.05, 4.69) is 5.32 Å². The zero-order valence-electron chi connectivity index (χ0n) is 22.1. The molecule has 3 aromatic carbocycles. The average molecular weight is 522 g/mol. The number of rotatable bonds is 10. The number of hydrogen-bond donors (Lipinski definition) is 1. The second kappa shape index (κ2) is 12.1. The molecule has 0 aliphatic heterocycles. The summed E-state index contributed by atoms with van der Waals surface area (Å²) in [6.45, 7) is 9.40. The van der Waals surface area contributed by atoms with Gasteiger partial charge in [0.05, 0.1) is 10.6 Å². The molecule has 0 spiro atoms. The van der Waals surface area contributed by atoms with Crippen molar-refractivity contribution in [3.8, 4) is 0 Å². The van der Waals surface area contributed by atoms with Crippen LogP contribution in [0.5, 0.6) is 0 Å². The molecule has 37 heavy (non-hydrogen) atoms. The lowest BCUT2D eigenvalue weighted by molar-refractivity contribution is -0.139. The lowest BCUT2D eigenvalue weighted by atomic mass is 10.1. The summed E-state index contributed by atoms with van der Waals surface area (Å²) in [4.78, 5) is 28.2. The van der Waals surface area contributed by atoms with Crippen molar-refractivity contribution in [1.29, 1.82) is 0 Å². The molecule has 1 unspecified atom stereocenters. The second-order valence-corrected chi connectivity index (χ2v) is 11.0. The Morgan fingerprint density at radius 3 is 2.14 bits per heavy atom. The monoisotopic (exact) mass is 521 g/mol. The zero-order valence-corrected chi connectivity index (χ0v) is 22.9. The second-order valence-electron chi connectivity index (χ2n) is 9.11. The van der Waals surface area contributed by atoms with E-state index in [1.165, 1.54) is 17.0 Å². The number of nitrogens with one attached hydrogen (secondary N) is 1. The number of benzene rings is 3. The number of amides is 2. The van der Waals surface area contributed by atoms with Crippen LogP contribution in [0.4, 0.5) is 5.69 Å². The minimum absolute atomic E-state index is 0.0863. The van der Waals surface area contributed by atoms with E-state index in [-0.39, 0.29) is 17.3 Å². The van der Waals surface area contributed by atoms with Gasteiger partial charge in [-0.2, -0.15) is 0 Å². The van der Waals surface area contributed by atoms with Gasteiger partial charge in [0.1, 0.15) is 12.6 Å². The Hall–Kier alpha value is -3.65. The molecule has 0 heterocycles. The van der Waals surface area contributed by atoms with Gasteiger partial charge in [0.2, 0.25) is 11.8 Å². The van der Waals surface area contributed by atoms with Gasteiger partial charge in [-0.3, -0.25) is 13.9 Å². The predicted octanol–water partition coefficient (Wildman–Crippen LogP) is 4.36. The number of likely N-dealkylation sites (N-methyl/N-ethyl adjacent to an activating group) is 1. The highest BCUT2D eigenvalue weighted by molar-refractivity contribution is 7.92. The fourth-order valence-electron chi connectivity index (χ4n) is 4.00. The Bertz CT molecular complexity index is 1360. The Labute approximate surface area is 220 Å². The normalized spacial score (nSPS) is 12.0. The third kappa shape index (κ3) is 6.57. The first kappa shape index (κ1) is 27.9. The summed E-state index contributed by atoms with van der Waals surface area (Å²) in [6.07, 6.45) is 0. The number of hydrogen-bond acceptors (Lipinski definition) is 4. The highest BCUT2D eigenvalue weighted by Crippen LogP contribution is 2.26. The molecule has 0 bridgehead atoms. The first-order valence-electron chi connectivity index (χ1n) is 12.3. The van der Waals surface area contributed by atoms with Crippen LogP contribution >= 0.6 is 0 Å². The Morgan fingerprint density at radius 2 is 1.51 bits per heavy atom. The van der Waals surface area contributed by atoms with E-state index in [1.807, 2.05) is 58.0 Å². The van der Waals surface area contributed by atoms with Crippen LogP contribution in [0.2, 0.25) is 0 Å². The molecule has 0 saturated carbocycles.